The third-order valence-corrected chi connectivity index (χ3v) is 1.86. The van der Waals surface area contributed by atoms with E-state index < -0.39 is 6.10 Å². The minimum Gasteiger partial charge on any atom is -0.393 e. The summed E-state index contributed by atoms with van der Waals surface area (Å²) in [4.78, 5) is 11.1. The molecule has 0 aromatic rings. The van der Waals surface area contributed by atoms with E-state index >= 15 is 0 Å². The van der Waals surface area contributed by atoms with Crippen LogP contribution in [0, 0.1) is 0 Å². The summed E-state index contributed by atoms with van der Waals surface area (Å²) >= 11 is 0. The van der Waals surface area contributed by atoms with Crippen molar-refractivity contribution >= 4 is 5.78 Å². The molecule has 0 amide bonds. The molecule has 0 bridgehead atoms. The number of hydrogen-bond donors (Lipinski definition) is 2. The van der Waals surface area contributed by atoms with Crippen LogP contribution in [0.15, 0.2) is 12.2 Å². The lowest BCUT2D eigenvalue weighted by Crippen LogP contribution is -2.03. The maximum atomic E-state index is 11.1. The SMILES string of the molecule is C[C@@H](O)CC/C=C/C(=O)CC[C@@H](C)O. The molecule has 0 saturated carbocycles. The molecule has 0 spiro atoms. The van der Waals surface area contributed by atoms with Gasteiger partial charge in [0.15, 0.2) is 5.78 Å². The van der Waals surface area contributed by atoms with Gasteiger partial charge in [-0.3, -0.25) is 4.79 Å². The van der Waals surface area contributed by atoms with Crippen molar-refractivity contribution in [2.75, 3.05) is 0 Å². The first-order valence-electron chi connectivity index (χ1n) is 5.08. The molecule has 82 valence electrons. The molecule has 0 aromatic carbocycles. The second kappa shape index (κ2) is 7.71. The van der Waals surface area contributed by atoms with Crippen LogP contribution in [0.5, 0.6) is 0 Å². The number of ketones is 1. The summed E-state index contributed by atoms with van der Waals surface area (Å²) in [7, 11) is 0. The molecule has 0 unspecified atom stereocenters. The van der Waals surface area contributed by atoms with E-state index in [4.69, 9.17) is 10.2 Å². The van der Waals surface area contributed by atoms with E-state index in [0.29, 0.717) is 19.3 Å². The summed E-state index contributed by atoms with van der Waals surface area (Å²) in [5.74, 6) is 0.0384. The maximum absolute atomic E-state index is 11.1. The number of carbonyl (C=O) groups is 1. The van der Waals surface area contributed by atoms with Gasteiger partial charge in [0.2, 0.25) is 0 Å². The number of hydrogen-bond acceptors (Lipinski definition) is 3. The normalized spacial score (nSPS) is 15.7. The van der Waals surface area contributed by atoms with Crippen LogP contribution in [-0.2, 0) is 4.79 Å². The minimum atomic E-state index is -0.412. The smallest absolute Gasteiger partial charge is 0.155 e. The fourth-order valence-corrected chi connectivity index (χ4v) is 0.987. The Morgan fingerprint density at radius 1 is 1.21 bits per heavy atom. The van der Waals surface area contributed by atoms with Crippen molar-refractivity contribution in [1.82, 2.24) is 0 Å². The van der Waals surface area contributed by atoms with E-state index in [0.717, 1.165) is 6.42 Å². The van der Waals surface area contributed by atoms with E-state index in [9.17, 15) is 4.79 Å². The van der Waals surface area contributed by atoms with Gasteiger partial charge in [0.05, 0.1) is 12.2 Å². The third kappa shape index (κ3) is 9.42. The molecule has 0 saturated heterocycles. The van der Waals surface area contributed by atoms with Gasteiger partial charge in [-0.15, -0.1) is 0 Å². The zero-order valence-corrected chi connectivity index (χ0v) is 8.94. The number of rotatable bonds is 7. The molecule has 0 heterocycles. The summed E-state index contributed by atoms with van der Waals surface area (Å²) in [6.45, 7) is 3.40. The minimum absolute atomic E-state index is 0.0384. The van der Waals surface area contributed by atoms with Crippen molar-refractivity contribution in [2.45, 2.75) is 51.7 Å². The predicted octanol–water partition coefficient (Wildman–Crippen LogP) is 1.43. The Morgan fingerprint density at radius 3 is 2.29 bits per heavy atom. The van der Waals surface area contributed by atoms with E-state index in [2.05, 4.69) is 0 Å². The average molecular weight is 200 g/mol. The second-order valence-corrected chi connectivity index (χ2v) is 3.68. The van der Waals surface area contributed by atoms with E-state index in [1.807, 2.05) is 0 Å². The quantitative estimate of drug-likeness (QED) is 0.611. The van der Waals surface area contributed by atoms with Gasteiger partial charge in [-0.1, -0.05) is 6.08 Å². The van der Waals surface area contributed by atoms with Crippen LogP contribution in [-0.4, -0.2) is 28.2 Å². The first-order chi connectivity index (χ1) is 6.52. The Morgan fingerprint density at radius 2 is 1.79 bits per heavy atom. The highest BCUT2D eigenvalue weighted by Crippen LogP contribution is 2.00. The van der Waals surface area contributed by atoms with Gasteiger partial charge < -0.3 is 10.2 Å². The highest BCUT2D eigenvalue weighted by atomic mass is 16.3. The highest BCUT2D eigenvalue weighted by molar-refractivity contribution is 5.89. The van der Waals surface area contributed by atoms with Crippen LogP contribution in [0.2, 0.25) is 0 Å². The van der Waals surface area contributed by atoms with E-state index in [1.165, 1.54) is 6.08 Å². The molecule has 14 heavy (non-hydrogen) atoms. The monoisotopic (exact) mass is 200 g/mol. The lowest BCUT2D eigenvalue weighted by molar-refractivity contribution is -0.115. The van der Waals surface area contributed by atoms with Gasteiger partial charge in [-0.05, 0) is 39.2 Å². The first-order valence-corrected chi connectivity index (χ1v) is 5.08. The summed E-state index contributed by atoms with van der Waals surface area (Å²) in [5.41, 5.74) is 0. The van der Waals surface area contributed by atoms with Crippen molar-refractivity contribution < 1.29 is 15.0 Å². The molecule has 0 rings (SSSR count). The second-order valence-electron chi connectivity index (χ2n) is 3.68. The van der Waals surface area contributed by atoms with Crippen LogP contribution >= 0.6 is 0 Å². The Kier molecular flexibility index (Phi) is 7.34. The van der Waals surface area contributed by atoms with Gasteiger partial charge in [-0.25, -0.2) is 0 Å². The molecule has 0 aliphatic heterocycles. The van der Waals surface area contributed by atoms with Crippen LogP contribution in [0.25, 0.3) is 0 Å². The van der Waals surface area contributed by atoms with Crippen molar-refractivity contribution in [3.05, 3.63) is 12.2 Å². The summed E-state index contributed by atoms with van der Waals surface area (Å²) < 4.78 is 0. The van der Waals surface area contributed by atoms with Crippen molar-refractivity contribution in [3.8, 4) is 0 Å². The largest absolute Gasteiger partial charge is 0.393 e. The van der Waals surface area contributed by atoms with Crippen LogP contribution in [0.4, 0.5) is 0 Å². The van der Waals surface area contributed by atoms with Gasteiger partial charge >= 0.3 is 0 Å². The number of aliphatic hydroxyl groups is 2. The molecular weight excluding hydrogens is 180 g/mol. The summed E-state index contributed by atoms with van der Waals surface area (Å²) in [6, 6.07) is 0. The molecule has 3 heteroatoms. The average Bonchev–Trinajstić information content (AvgIpc) is 2.08. The Bertz CT molecular complexity index is 183. The Hall–Kier alpha value is -0.670. The molecule has 2 N–H and O–H groups in total. The zero-order valence-electron chi connectivity index (χ0n) is 8.94. The molecule has 0 fully saturated rings. The highest BCUT2D eigenvalue weighted by Gasteiger charge is 2.00. The number of aliphatic hydroxyl groups excluding tert-OH is 2. The number of carbonyl (C=O) groups excluding carboxylic acids is 1. The first kappa shape index (κ1) is 13.3. The van der Waals surface area contributed by atoms with Gasteiger partial charge in [-0.2, -0.15) is 0 Å². The molecule has 0 aliphatic rings. The molecule has 0 aromatic heterocycles. The van der Waals surface area contributed by atoms with Crippen LogP contribution in [0.3, 0.4) is 0 Å². The Balaban J connectivity index is 3.51. The van der Waals surface area contributed by atoms with Crippen LogP contribution in [0.1, 0.15) is 39.5 Å². The summed E-state index contributed by atoms with van der Waals surface area (Å²) in [5, 5.41) is 17.9. The number of allylic oxidation sites excluding steroid dienone is 2. The predicted molar refractivity (Wildman–Crippen MR) is 56.0 cm³/mol. The van der Waals surface area contributed by atoms with Gasteiger partial charge in [0.25, 0.3) is 0 Å². The van der Waals surface area contributed by atoms with Crippen molar-refractivity contribution in [2.24, 2.45) is 0 Å². The molecular formula is C11H20O3. The molecule has 0 radical (unpaired) electrons. The van der Waals surface area contributed by atoms with Crippen molar-refractivity contribution in [3.63, 3.8) is 0 Å². The topological polar surface area (TPSA) is 57.5 Å². The van der Waals surface area contributed by atoms with Gasteiger partial charge in [0.1, 0.15) is 0 Å². The van der Waals surface area contributed by atoms with Crippen molar-refractivity contribution in [1.29, 1.82) is 0 Å². The maximum Gasteiger partial charge on any atom is 0.155 e. The fourth-order valence-electron chi connectivity index (χ4n) is 0.987. The molecule has 2 atom stereocenters. The van der Waals surface area contributed by atoms with Gasteiger partial charge in [0, 0.05) is 6.42 Å². The molecule has 0 aliphatic carbocycles. The van der Waals surface area contributed by atoms with E-state index in [1.54, 1.807) is 19.9 Å². The third-order valence-electron chi connectivity index (χ3n) is 1.86. The fraction of sp³-hybridized carbons (Fsp3) is 0.727. The lowest BCUT2D eigenvalue weighted by atomic mass is 10.1. The summed E-state index contributed by atoms with van der Waals surface area (Å²) in [6.07, 6.45) is 4.89. The van der Waals surface area contributed by atoms with Crippen LogP contribution < -0.4 is 0 Å². The standard InChI is InChI=1S/C11H20O3/c1-9(12)5-3-4-6-11(14)8-7-10(2)13/h4,6,9-10,12-13H,3,5,7-8H2,1-2H3/b6-4+/t9-,10-/m1/s1. The zero-order chi connectivity index (χ0) is 11.0. The Labute approximate surface area is 85.4 Å². The van der Waals surface area contributed by atoms with E-state index in [-0.39, 0.29) is 11.9 Å². The molecule has 3 nitrogen and oxygen atoms in total. The lowest BCUT2D eigenvalue weighted by Gasteiger charge is -2.00.